The van der Waals surface area contributed by atoms with E-state index in [1.54, 1.807) is 6.07 Å². The van der Waals surface area contributed by atoms with Crippen LogP contribution < -0.4 is 0 Å². The van der Waals surface area contributed by atoms with Crippen LogP contribution in [-0.4, -0.2) is 5.78 Å². The minimum Gasteiger partial charge on any atom is -0.299 e. The van der Waals surface area contributed by atoms with E-state index in [-0.39, 0.29) is 5.92 Å². The highest BCUT2D eigenvalue weighted by atomic mass is 35.5. The molecule has 3 heteroatoms. The summed E-state index contributed by atoms with van der Waals surface area (Å²) in [5, 5.41) is 1.17. The summed E-state index contributed by atoms with van der Waals surface area (Å²) >= 11 is 12.1. The number of carbonyl (C=O) groups is 1. The van der Waals surface area contributed by atoms with E-state index < -0.39 is 0 Å². The van der Waals surface area contributed by atoms with E-state index >= 15 is 0 Å². The number of ketones is 1. The molecule has 0 spiro atoms. The predicted molar refractivity (Wildman–Crippen MR) is 71.7 cm³/mol. The molecule has 17 heavy (non-hydrogen) atoms. The van der Waals surface area contributed by atoms with Crippen LogP contribution in [0.3, 0.4) is 0 Å². The van der Waals surface area contributed by atoms with Gasteiger partial charge in [0, 0.05) is 12.3 Å². The summed E-state index contributed by atoms with van der Waals surface area (Å²) < 4.78 is 0. The van der Waals surface area contributed by atoms with Crippen molar-refractivity contribution in [3.8, 4) is 0 Å². The van der Waals surface area contributed by atoms with E-state index in [0.717, 1.165) is 24.8 Å². The lowest BCUT2D eigenvalue weighted by molar-refractivity contribution is -0.125. The molecular weight excluding hydrogens is 255 g/mol. The van der Waals surface area contributed by atoms with Crippen molar-refractivity contribution in [1.82, 2.24) is 0 Å². The van der Waals surface area contributed by atoms with E-state index in [0.29, 0.717) is 28.2 Å². The van der Waals surface area contributed by atoms with Gasteiger partial charge in [-0.05, 0) is 36.8 Å². The molecule has 0 heterocycles. The smallest absolute Gasteiger partial charge is 0.136 e. The number of hydrogen-bond donors (Lipinski definition) is 0. The van der Waals surface area contributed by atoms with E-state index in [4.69, 9.17) is 23.2 Å². The number of Topliss-reactive ketones (excluding diaryl/α,β-unsaturated/α-hetero) is 1. The summed E-state index contributed by atoms with van der Waals surface area (Å²) in [4.78, 5) is 11.9. The number of halogens is 2. The molecule has 0 aromatic heterocycles. The molecule has 2 atom stereocenters. The van der Waals surface area contributed by atoms with Crippen molar-refractivity contribution < 1.29 is 4.79 Å². The van der Waals surface area contributed by atoms with Crippen LogP contribution in [0.25, 0.3) is 0 Å². The maximum atomic E-state index is 11.9. The third-order valence-corrected chi connectivity index (χ3v) is 4.38. The first-order chi connectivity index (χ1) is 8.08. The summed E-state index contributed by atoms with van der Waals surface area (Å²) in [6.45, 7) is 2.21. The molecule has 1 fully saturated rings. The monoisotopic (exact) mass is 270 g/mol. The zero-order valence-electron chi connectivity index (χ0n) is 9.88. The van der Waals surface area contributed by atoms with Gasteiger partial charge in [-0.3, -0.25) is 4.79 Å². The maximum absolute atomic E-state index is 11.9. The lowest BCUT2D eigenvalue weighted by Crippen LogP contribution is -2.25. The normalized spacial score (nSPS) is 25.0. The Morgan fingerprint density at radius 1 is 1.35 bits per heavy atom. The zero-order valence-corrected chi connectivity index (χ0v) is 11.4. The Morgan fingerprint density at radius 3 is 2.88 bits per heavy atom. The molecule has 0 saturated heterocycles. The topological polar surface area (TPSA) is 17.1 Å². The number of rotatable bonds is 2. The largest absolute Gasteiger partial charge is 0.299 e. The quantitative estimate of drug-likeness (QED) is 0.771. The lowest BCUT2D eigenvalue weighted by Gasteiger charge is -2.25. The van der Waals surface area contributed by atoms with Crippen molar-refractivity contribution in [3.05, 3.63) is 33.8 Å². The Labute approximate surface area is 112 Å². The summed E-state index contributed by atoms with van der Waals surface area (Å²) in [6, 6.07) is 5.62. The van der Waals surface area contributed by atoms with E-state index in [9.17, 15) is 4.79 Å². The Hall–Kier alpha value is -0.530. The first-order valence-corrected chi connectivity index (χ1v) is 6.79. The second-order valence-electron chi connectivity index (χ2n) is 4.96. The Kier molecular flexibility index (Phi) is 4.11. The van der Waals surface area contributed by atoms with Crippen molar-refractivity contribution >= 4 is 29.0 Å². The summed E-state index contributed by atoms with van der Waals surface area (Å²) in [5.74, 6) is 1.13. The minimum absolute atomic E-state index is 0.120. The molecule has 1 saturated carbocycles. The summed E-state index contributed by atoms with van der Waals surface area (Å²) in [5.41, 5.74) is 0.992. The van der Waals surface area contributed by atoms with Crippen molar-refractivity contribution in [1.29, 1.82) is 0 Å². The van der Waals surface area contributed by atoms with E-state index in [1.807, 2.05) is 12.1 Å². The number of hydrogen-bond acceptors (Lipinski definition) is 1. The average molecular weight is 271 g/mol. The van der Waals surface area contributed by atoms with Gasteiger partial charge in [-0.25, -0.2) is 0 Å². The molecule has 1 nitrogen and oxygen atoms in total. The molecule has 0 N–H and O–H groups in total. The summed E-state index contributed by atoms with van der Waals surface area (Å²) in [6.07, 6.45) is 3.44. The standard InChI is InChI=1S/C14H16Cl2O/c1-9-5-6-13(17)11(7-9)8-10-3-2-4-12(15)14(10)16/h2-4,9,11H,5-8H2,1H3. The van der Waals surface area contributed by atoms with Crippen molar-refractivity contribution in [2.24, 2.45) is 11.8 Å². The van der Waals surface area contributed by atoms with Gasteiger partial charge >= 0.3 is 0 Å². The maximum Gasteiger partial charge on any atom is 0.136 e. The van der Waals surface area contributed by atoms with Crippen LogP contribution in [0.1, 0.15) is 31.7 Å². The molecule has 2 rings (SSSR count). The van der Waals surface area contributed by atoms with Gasteiger partial charge in [0.25, 0.3) is 0 Å². The molecule has 0 amide bonds. The van der Waals surface area contributed by atoms with Crippen LogP contribution in [0.5, 0.6) is 0 Å². The van der Waals surface area contributed by atoms with Crippen molar-refractivity contribution in [2.75, 3.05) is 0 Å². The van der Waals surface area contributed by atoms with E-state index in [2.05, 4.69) is 6.92 Å². The number of carbonyl (C=O) groups excluding carboxylic acids is 1. The van der Waals surface area contributed by atoms with Gasteiger partial charge in [0.05, 0.1) is 10.0 Å². The third kappa shape index (κ3) is 3.02. The highest BCUT2D eigenvalue weighted by Crippen LogP contribution is 2.32. The fraction of sp³-hybridized carbons (Fsp3) is 0.500. The second kappa shape index (κ2) is 5.41. The fourth-order valence-corrected chi connectivity index (χ4v) is 2.89. The fourth-order valence-electron chi connectivity index (χ4n) is 2.50. The van der Waals surface area contributed by atoms with Gasteiger partial charge < -0.3 is 0 Å². The van der Waals surface area contributed by atoms with E-state index in [1.165, 1.54) is 0 Å². The van der Waals surface area contributed by atoms with Gasteiger partial charge in [0.2, 0.25) is 0 Å². The van der Waals surface area contributed by atoms with Gasteiger partial charge in [0.1, 0.15) is 5.78 Å². The van der Waals surface area contributed by atoms with Crippen LogP contribution in [0.4, 0.5) is 0 Å². The molecule has 1 aliphatic carbocycles. The van der Waals surface area contributed by atoms with Gasteiger partial charge in [-0.1, -0.05) is 42.3 Å². The third-order valence-electron chi connectivity index (χ3n) is 3.52. The summed E-state index contributed by atoms with van der Waals surface area (Å²) in [7, 11) is 0. The molecular formula is C14H16Cl2O. The van der Waals surface area contributed by atoms with Crippen LogP contribution in [0.15, 0.2) is 18.2 Å². The molecule has 1 aromatic carbocycles. The Morgan fingerprint density at radius 2 is 2.12 bits per heavy atom. The molecule has 0 radical (unpaired) electrons. The first kappa shape index (κ1) is 12.9. The Balaban J connectivity index is 2.14. The average Bonchev–Trinajstić information content (AvgIpc) is 2.30. The van der Waals surface area contributed by atoms with Crippen LogP contribution in [0, 0.1) is 11.8 Å². The predicted octanol–water partition coefficient (Wildman–Crippen LogP) is 4.54. The molecule has 0 bridgehead atoms. The van der Waals surface area contributed by atoms with Crippen LogP contribution in [0.2, 0.25) is 10.0 Å². The zero-order chi connectivity index (χ0) is 12.4. The highest BCUT2D eigenvalue weighted by molar-refractivity contribution is 6.42. The van der Waals surface area contributed by atoms with Gasteiger partial charge in [0.15, 0.2) is 0 Å². The molecule has 92 valence electrons. The second-order valence-corrected chi connectivity index (χ2v) is 5.75. The number of benzene rings is 1. The van der Waals surface area contributed by atoms with Gasteiger partial charge in [-0.2, -0.15) is 0 Å². The molecule has 2 unspecified atom stereocenters. The van der Waals surface area contributed by atoms with Crippen LogP contribution in [-0.2, 0) is 11.2 Å². The van der Waals surface area contributed by atoms with Crippen molar-refractivity contribution in [2.45, 2.75) is 32.6 Å². The molecule has 1 aromatic rings. The Bertz CT molecular complexity index is 428. The minimum atomic E-state index is 0.120. The van der Waals surface area contributed by atoms with Gasteiger partial charge in [-0.15, -0.1) is 0 Å². The van der Waals surface area contributed by atoms with Crippen molar-refractivity contribution in [3.63, 3.8) is 0 Å². The molecule has 1 aliphatic rings. The SMILES string of the molecule is CC1CCC(=O)C(Cc2cccc(Cl)c2Cl)C1. The molecule has 0 aliphatic heterocycles. The van der Waals surface area contributed by atoms with Crippen LogP contribution >= 0.6 is 23.2 Å². The highest BCUT2D eigenvalue weighted by Gasteiger charge is 2.27. The first-order valence-electron chi connectivity index (χ1n) is 6.03. The lowest BCUT2D eigenvalue weighted by atomic mass is 9.78.